The lowest BCUT2D eigenvalue weighted by atomic mass is 9.89. The summed E-state index contributed by atoms with van der Waals surface area (Å²) in [7, 11) is 1.64. The molecule has 0 aromatic heterocycles. The Bertz CT molecular complexity index is 741. The summed E-state index contributed by atoms with van der Waals surface area (Å²) >= 11 is 0. The molecule has 0 aliphatic heterocycles. The molecule has 0 saturated heterocycles. The fourth-order valence-electron chi connectivity index (χ4n) is 3.81. The van der Waals surface area contributed by atoms with E-state index in [4.69, 9.17) is 9.47 Å². The van der Waals surface area contributed by atoms with Crippen LogP contribution in [0.4, 0.5) is 0 Å². The third kappa shape index (κ3) is 7.04. The normalized spacial score (nSPS) is 16.8. The number of aliphatic hydroxyl groups is 1. The van der Waals surface area contributed by atoms with Gasteiger partial charge in [0, 0.05) is 18.9 Å². The van der Waals surface area contributed by atoms with Gasteiger partial charge < -0.3 is 14.6 Å². The smallest absolute Gasteiger partial charge is 0.161 e. The molecule has 0 heterocycles. The monoisotopic (exact) mass is 400 g/mol. The van der Waals surface area contributed by atoms with Crippen LogP contribution in [0, 0.1) is 0 Å². The van der Waals surface area contributed by atoms with Gasteiger partial charge in [-0.3, -0.25) is 4.79 Å². The van der Waals surface area contributed by atoms with Crippen molar-refractivity contribution in [2.75, 3.05) is 20.3 Å². The largest absolute Gasteiger partial charge is 0.493 e. The summed E-state index contributed by atoms with van der Waals surface area (Å²) in [4.78, 5) is 12.4. The van der Waals surface area contributed by atoms with E-state index in [1.807, 2.05) is 12.1 Å². The van der Waals surface area contributed by atoms with E-state index in [9.17, 15) is 9.90 Å². The zero-order valence-corrected chi connectivity index (χ0v) is 18.4. The number of ether oxygens (including phenoxy) is 2. The maximum absolute atomic E-state index is 12.4. The Kier molecular flexibility index (Phi) is 9.46. The number of ketones is 1. The van der Waals surface area contributed by atoms with E-state index in [2.05, 4.69) is 32.9 Å². The Morgan fingerprint density at radius 1 is 1.21 bits per heavy atom. The number of aliphatic hydroxyl groups excluding tert-OH is 1. The van der Waals surface area contributed by atoms with E-state index in [0.29, 0.717) is 36.7 Å². The Hall–Kier alpha value is -2.07. The lowest BCUT2D eigenvalue weighted by Crippen LogP contribution is -2.10. The van der Waals surface area contributed by atoms with Crippen LogP contribution in [0.25, 0.3) is 0 Å². The van der Waals surface area contributed by atoms with E-state index < -0.39 is 0 Å². The number of aryl methyl sites for hydroxylation is 1. The zero-order chi connectivity index (χ0) is 21.2. The minimum absolute atomic E-state index is 0.0571. The molecule has 2 rings (SSSR count). The predicted molar refractivity (Wildman–Crippen MR) is 118 cm³/mol. The number of hydrogen-bond donors (Lipinski definition) is 1. The molecule has 0 spiro atoms. The fraction of sp³-hybridized carbons (Fsp3) is 0.560. The first-order valence-corrected chi connectivity index (χ1v) is 10.7. The van der Waals surface area contributed by atoms with Crippen LogP contribution < -0.4 is 9.47 Å². The number of carbonyl (C=O) groups is 1. The highest BCUT2D eigenvalue weighted by Crippen LogP contribution is 2.39. The molecule has 1 atom stereocenters. The molecular formula is C25H36O4. The second-order valence-corrected chi connectivity index (χ2v) is 8.12. The third-order valence-corrected chi connectivity index (χ3v) is 5.47. The number of hydrogen-bond acceptors (Lipinski definition) is 4. The lowest BCUT2D eigenvalue weighted by molar-refractivity contribution is -0.118. The molecule has 1 saturated carbocycles. The molecule has 0 radical (unpaired) electrons. The van der Waals surface area contributed by atoms with Gasteiger partial charge in [0.1, 0.15) is 12.4 Å². The molecule has 29 heavy (non-hydrogen) atoms. The molecule has 1 aliphatic rings. The van der Waals surface area contributed by atoms with Crippen molar-refractivity contribution in [1.29, 1.82) is 0 Å². The van der Waals surface area contributed by atoms with Gasteiger partial charge in [-0.15, -0.1) is 0 Å². The van der Waals surface area contributed by atoms with E-state index in [-0.39, 0.29) is 12.5 Å². The van der Waals surface area contributed by atoms with Gasteiger partial charge in [-0.25, -0.2) is 0 Å². The Morgan fingerprint density at radius 2 is 2.00 bits per heavy atom. The Balaban J connectivity index is 2.17. The summed E-state index contributed by atoms with van der Waals surface area (Å²) in [6.45, 7) is 6.97. The molecule has 4 nitrogen and oxygen atoms in total. The van der Waals surface area contributed by atoms with Crippen molar-refractivity contribution in [3.05, 3.63) is 46.6 Å². The standard InChI is InChI=1S/C25H36O4/c1-18(2)8-5-9-19(3)13-15-29-25-17-22(21-11-6-12-23(21)27)20(10-7-14-26)16-24(25)28-4/h8,13,16-17,21,26H,5-7,9-12,14-15H2,1-4H3/b19-13+. The molecular weight excluding hydrogens is 364 g/mol. The van der Waals surface area contributed by atoms with Gasteiger partial charge in [-0.2, -0.15) is 0 Å². The topological polar surface area (TPSA) is 55.8 Å². The number of rotatable bonds is 11. The van der Waals surface area contributed by atoms with E-state index >= 15 is 0 Å². The van der Waals surface area contributed by atoms with Crippen molar-refractivity contribution in [2.45, 2.75) is 71.6 Å². The summed E-state index contributed by atoms with van der Waals surface area (Å²) in [5.74, 6) is 1.62. The highest BCUT2D eigenvalue weighted by Gasteiger charge is 2.29. The third-order valence-electron chi connectivity index (χ3n) is 5.47. The van der Waals surface area contributed by atoms with Crippen LogP contribution >= 0.6 is 0 Å². The summed E-state index contributed by atoms with van der Waals surface area (Å²) in [5.41, 5.74) is 4.76. The first kappa shape index (κ1) is 23.2. The number of carbonyl (C=O) groups excluding carboxylic acids is 1. The molecule has 4 heteroatoms. The van der Waals surface area contributed by atoms with Gasteiger partial charge in [0.25, 0.3) is 0 Å². The highest BCUT2D eigenvalue weighted by atomic mass is 16.5. The van der Waals surface area contributed by atoms with E-state index in [1.165, 1.54) is 11.1 Å². The first-order chi connectivity index (χ1) is 14.0. The minimum Gasteiger partial charge on any atom is -0.493 e. The molecule has 1 N–H and O–H groups in total. The number of benzene rings is 1. The minimum atomic E-state index is -0.0571. The van der Waals surface area contributed by atoms with E-state index in [1.54, 1.807) is 7.11 Å². The zero-order valence-electron chi connectivity index (χ0n) is 18.4. The van der Waals surface area contributed by atoms with Crippen LogP contribution in [0.1, 0.15) is 76.3 Å². The SMILES string of the molecule is COc1cc(CCCO)c(C2CCCC2=O)cc1OC/C=C(\C)CCC=C(C)C. The van der Waals surface area contributed by atoms with Crippen molar-refractivity contribution >= 4 is 5.78 Å². The van der Waals surface area contributed by atoms with Gasteiger partial charge in [-0.05, 0) is 88.6 Å². The van der Waals surface area contributed by atoms with Crippen molar-refractivity contribution in [2.24, 2.45) is 0 Å². The first-order valence-electron chi connectivity index (χ1n) is 10.7. The van der Waals surface area contributed by atoms with Crippen LogP contribution in [0.2, 0.25) is 0 Å². The number of methoxy groups -OCH3 is 1. The average Bonchev–Trinajstić information content (AvgIpc) is 3.11. The summed E-state index contributed by atoms with van der Waals surface area (Å²) in [5, 5.41) is 9.24. The van der Waals surface area contributed by atoms with Crippen molar-refractivity contribution in [3.63, 3.8) is 0 Å². The molecule has 0 amide bonds. The van der Waals surface area contributed by atoms with Gasteiger partial charge >= 0.3 is 0 Å². The van der Waals surface area contributed by atoms with Crippen LogP contribution in [-0.2, 0) is 11.2 Å². The fourth-order valence-corrected chi connectivity index (χ4v) is 3.81. The second-order valence-electron chi connectivity index (χ2n) is 8.12. The number of Topliss-reactive ketones (excluding diaryl/α,β-unsaturated/α-hetero) is 1. The van der Waals surface area contributed by atoms with Gasteiger partial charge in [0.15, 0.2) is 11.5 Å². The molecule has 0 bridgehead atoms. The Morgan fingerprint density at radius 3 is 2.62 bits per heavy atom. The second kappa shape index (κ2) is 11.8. The van der Waals surface area contributed by atoms with Crippen LogP contribution in [-0.4, -0.2) is 31.2 Å². The van der Waals surface area contributed by atoms with Crippen LogP contribution in [0.5, 0.6) is 11.5 Å². The van der Waals surface area contributed by atoms with Gasteiger partial charge in [-0.1, -0.05) is 17.2 Å². The maximum Gasteiger partial charge on any atom is 0.161 e. The molecule has 1 unspecified atom stereocenters. The summed E-state index contributed by atoms with van der Waals surface area (Å²) < 4.78 is 11.6. The predicted octanol–water partition coefficient (Wildman–Crippen LogP) is 5.53. The summed E-state index contributed by atoms with van der Waals surface area (Å²) in [6.07, 6.45) is 10.3. The molecule has 1 aromatic rings. The van der Waals surface area contributed by atoms with Gasteiger partial charge in [0.05, 0.1) is 7.11 Å². The van der Waals surface area contributed by atoms with Crippen LogP contribution in [0.15, 0.2) is 35.4 Å². The average molecular weight is 401 g/mol. The summed E-state index contributed by atoms with van der Waals surface area (Å²) in [6, 6.07) is 3.98. The molecule has 1 fully saturated rings. The van der Waals surface area contributed by atoms with Gasteiger partial charge in [0.2, 0.25) is 0 Å². The van der Waals surface area contributed by atoms with E-state index in [0.717, 1.165) is 43.2 Å². The highest BCUT2D eigenvalue weighted by molar-refractivity contribution is 5.88. The Labute approximate surface area is 175 Å². The van der Waals surface area contributed by atoms with Crippen molar-refractivity contribution in [3.8, 4) is 11.5 Å². The number of allylic oxidation sites excluding steroid dienone is 3. The molecule has 160 valence electrons. The maximum atomic E-state index is 12.4. The molecule has 1 aliphatic carbocycles. The van der Waals surface area contributed by atoms with Crippen molar-refractivity contribution in [1.82, 2.24) is 0 Å². The molecule has 1 aromatic carbocycles. The lowest BCUT2D eigenvalue weighted by Gasteiger charge is -2.19. The quantitative estimate of drug-likeness (QED) is 0.496. The van der Waals surface area contributed by atoms with Crippen molar-refractivity contribution < 1.29 is 19.4 Å². The van der Waals surface area contributed by atoms with Crippen LogP contribution in [0.3, 0.4) is 0 Å².